The lowest BCUT2D eigenvalue weighted by Gasteiger charge is -2.33. The normalized spacial score (nSPS) is 14.9. The second-order valence-corrected chi connectivity index (χ2v) is 7.22. The maximum Gasteiger partial charge on any atom is 0.251 e. The molecule has 3 heterocycles. The van der Waals surface area contributed by atoms with Crippen LogP contribution < -0.4 is 5.32 Å². The van der Waals surface area contributed by atoms with Gasteiger partial charge >= 0.3 is 0 Å². The molecule has 0 unspecified atom stereocenters. The van der Waals surface area contributed by atoms with Crippen LogP contribution in [0.25, 0.3) is 22.2 Å². The zero-order valence-electron chi connectivity index (χ0n) is 16.5. The van der Waals surface area contributed by atoms with Crippen LogP contribution in [0.4, 0.5) is 0 Å². The summed E-state index contributed by atoms with van der Waals surface area (Å²) in [6, 6.07) is 11.3. The van der Waals surface area contributed by atoms with Crippen LogP contribution in [0.5, 0.6) is 0 Å². The largest absolute Gasteiger partial charge is 0.464 e. The summed E-state index contributed by atoms with van der Waals surface area (Å²) < 4.78 is 5.43. The highest BCUT2D eigenvalue weighted by Gasteiger charge is 2.22. The molecule has 0 bridgehead atoms. The van der Waals surface area contributed by atoms with Gasteiger partial charge in [-0.15, -0.1) is 0 Å². The van der Waals surface area contributed by atoms with Gasteiger partial charge in [-0.25, -0.2) is 0 Å². The molecule has 0 radical (unpaired) electrons. The Hall–Kier alpha value is -3.74. The number of likely N-dealkylation sites (tertiary alicyclic amines) is 1. The van der Waals surface area contributed by atoms with Crippen molar-refractivity contribution in [2.24, 2.45) is 0 Å². The number of pyridine rings is 1. The first-order valence-electron chi connectivity index (χ1n) is 9.90. The summed E-state index contributed by atoms with van der Waals surface area (Å²) in [4.78, 5) is 19.1. The first-order chi connectivity index (χ1) is 14.7. The Kier molecular flexibility index (Phi) is 5.70. The first-order valence-corrected chi connectivity index (χ1v) is 9.90. The highest BCUT2D eigenvalue weighted by Crippen LogP contribution is 2.27. The van der Waals surface area contributed by atoms with Crippen LogP contribution in [0.3, 0.4) is 0 Å². The predicted molar refractivity (Wildman–Crippen MR) is 117 cm³/mol. The summed E-state index contributed by atoms with van der Waals surface area (Å²) in [5.41, 5.74) is 3.17. The Morgan fingerprint density at radius 1 is 1.17 bits per heavy atom. The number of aromatic nitrogens is 1. The van der Waals surface area contributed by atoms with Crippen LogP contribution in [-0.2, 0) is 0 Å². The van der Waals surface area contributed by atoms with E-state index in [0.717, 1.165) is 35.1 Å². The minimum Gasteiger partial charge on any atom is -0.464 e. The molecule has 4 rings (SSSR count). The predicted octanol–water partition coefficient (Wildman–Crippen LogP) is 3.87. The Bertz CT molecular complexity index is 1090. The van der Waals surface area contributed by atoms with Crippen LogP contribution >= 0.6 is 0 Å². The molecule has 0 atom stereocenters. The fraction of sp³-hybridized carbons (Fsp3) is 0.217. The number of amides is 1. The lowest BCUT2D eigenvalue weighted by molar-refractivity contribution is 0.0922. The van der Waals surface area contributed by atoms with Crippen LogP contribution in [0, 0.1) is 10.8 Å². The number of nitrogens with one attached hydrogen (secondary N) is 3. The second kappa shape index (κ2) is 8.73. The topological polar surface area (TPSA) is 106 Å². The zero-order valence-corrected chi connectivity index (χ0v) is 16.5. The lowest BCUT2D eigenvalue weighted by atomic mass is 10.0. The molecule has 1 fully saturated rings. The summed E-state index contributed by atoms with van der Waals surface area (Å²) in [6.07, 6.45) is 9.27. The van der Waals surface area contributed by atoms with Crippen LogP contribution in [-0.4, -0.2) is 47.0 Å². The Morgan fingerprint density at radius 3 is 2.67 bits per heavy atom. The van der Waals surface area contributed by atoms with Crippen molar-refractivity contribution in [2.45, 2.75) is 18.9 Å². The van der Waals surface area contributed by atoms with E-state index in [1.54, 1.807) is 24.6 Å². The van der Waals surface area contributed by atoms with E-state index in [2.05, 4.69) is 10.3 Å². The maximum atomic E-state index is 12.7. The van der Waals surface area contributed by atoms with Crippen molar-refractivity contribution in [1.29, 1.82) is 10.8 Å². The number of nitrogens with zero attached hydrogens (tertiary/aromatic N) is 2. The number of carbonyl (C=O) groups excluding carboxylic acids is 1. The molecule has 0 saturated carbocycles. The number of piperidine rings is 1. The van der Waals surface area contributed by atoms with E-state index in [0.29, 0.717) is 24.5 Å². The van der Waals surface area contributed by atoms with Crippen molar-refractivity contribution in [2.75, 3.05) is 13.1 Å². The van der Waals surface area contributed by atoms with Gasteiger partial charge in [0.05, 0.1) is 12.0 Å². The number of hydrogen-bond acceptors (Lipinski definition) is 5. The Morgan fingerprint density at radius 2 is 1.93 bits per heavy atom. The van der Waals surface area contributed by atoms with Crippen molar-refractivity contribution in [3.63, 3.8) is 0 Å². The van der Waals surface area contributed by atoms with Crippen molar-refractivity contribution in [1.82, 2.24) is 15.2 Å². The van der Waals surface area contributed by atoms with Crippen LogP contribution in [0.15, 0.2) is 65.4 Å². The minimum atomic E-state index is -0.0896. The Labute approximate surface area is 174 Å². The maximum absolute atomic E-state index is 12.7. The number of carbonyl (C=O) groups is 1. The van der Waals surface area contributed by atoms with E-state index in [9.17, 15) is 4.79 Å². The monoisotopic (exact) mass is 401 g/mol. The van der Waals surface area contributed by atoms with E-state index in [1.165, 1.54) is 6.21 Å². The Balaban J connectivity index is 1.37. The number of hydrogen-bond donors (Lipinski definition) is 3. The second-order valence-electron chi connectivity index (χ2n) is 7.22. The number of rotatable bonds is 5. The number of benzene rings is 1. The van der Waals surface area contributed by atoms with Gasteiger partial charge in [-0.2, -0.15) is 0 Å². The zero-order chi connectivity index (χ0) is 20.9. The SMILES string of the molecule is N=C/C=C\C(=N)N1CCC(NC(=O)c2ccc(-c3nccc4occc34)cc2)CC1. The van der Waals surface area contributed by atoms with Gasteiger partial charge in [0.1, 0.15) is 11.4 Å². The summed E-state index contributed by atoms with van der Waals surface area (Å²) in [6.45, 7) is 1.43. The summed E-state index contributed by atoms with van der Waals surface area (Å²) in [7, 11) is 0. The number of amidine groups is 1. The molecule has 1 saturated heterocycles. The fourth-order valence-corrected chi connectivity index (χ4v) is 3.68. The van der Waals surface area contributed by atoms with Crippen LogP contribution in [0.2, 0.25) is 0 Å². The quantitative estimate of drug-likeness (QED) is 0.446. The third-order valence-electron chi connectivity index (χ3n) is 5.32. The molecular formula is C23H23N5O2. The smallest absolute Gasteiger partial charge is 0.251 e. The average molecular weight is 401 g/mol. The van der Waals surface area contributed by atoms with Crippen molar-refractivity contribution >= 4 is 28.9 Å². The third kappa shape index (κ3) is 4.15. The number of fused-ring (bicyclic) bond motifs is 1. The first kappa shape index (κ1) is 19.6. The molecule has 0 spiro atoms. The summed E-state index contributed by atoms with van der Waals surface area (Å²) in [5.74, 6) is 0.313. The van der Waals surface area contributed by atoms with E-state index < -0.39 is 0 Å². The molecule has 7 heteroatoms. The minimum absolute atomic E-state index is 0.0896. The fourth-order valence-electron chi connectivity index (χ4n) is 3.68. The number of allylic oxidation sites excluding steroid dienone is 1. The van der Waals surface area contributed by atoms with E-state index in [-0.39, 0.29) is 11.9 Å². The van der Waals surface area contributed by atoms with Gasteiger partial charge in [0.2, 0.25) is 0 Å². The van der Waals surface area contributed by atoms with Gasteiger partial charge in [-0.05, 0) is 49.3 Å². The molecule has 0 aliphatic carbocycles. The molecule has 3 aromatic rings. The molecule has 7 nitrogen and oxygen atoms in total. The van der Waals surface area contributed by atoms with E-state index in [4.69, 9.17) is 15.2 Å². The molecular weight excluding hydrogens is 378 g/mol. The van der Waals surface area contributed by atoms with Gasteiger partial charge < -0.3 is 20.0 Å². The molecule has 3 N–H and O–H groups in total. The average Bonchev–Trinajstić information content (AvgIpc) is 3.27. The van der Waals surface area contributed by atoms with Gasteiger partial charge in [0.15, 0.2) is 0 Å². The van der Waals surface area contributed by atoms with Gasteiger partial charge in [-0.3, -0.25) is 15.2 Å². The summed E-state index contributed by atoms with van der Waals surface area (Å²) in [5, 5.41) is 19.1. The van der Waals surface area contributed by atoms with E-state index >= 15 is 0 Å². The lowest BCUT2D eigenvalue weighted by Crippen LogP contribution is -2.46. The summed E-state index contributed by atoms with van der Waals surface area (Å²) >= 11 is 0. The molecule has 2 aromatic heterocycles. The van der Waals surface area contributed by atoms with Crippen molar-refractivity contribution in [3.05, 3.63) is 66.6 Å². The molecule has 1 amide bonds. The third-order valence-corrected chi connectivity index (χ3v) is 5.32. The number of furan rings is 1. The molecule has 1 aliphatic heterocycles. The highest BCUT2D eigenvalue weighted by atomic mass is 16.3. The molecule has 1 aliphatic rings. The standard InChI is InChI=1S/C23H23N5O2/c24-11-1-2-21(25)28-13-8-18(9-14-28)27-23(29)17-5-3-16(4-6-17)22-19-10-15-30-20(19)7-12-26-22/h1-7,10-12,15,18,24-25H,8-9,13-14H2,(H,27,29)/b2-1-,24-11?,25-21?. The van der Waals surface area contributed by atoms with Crippen molar-refractivity contribution < 1.29 is 9.21 Å². The van der Waals surface area contributed by atoms with Gasteiger partial charge in [0.25, 0.3) is 5.91 Å². The molecule has 152 valence electrons. The van der Waals surface area contributed by atoms with Crippen molar-refractivity contribution in [3.8, 4) is 11.3 Å². The van der Waals surface area contributed by atoms with E-state index in [1.807, 2.05) is 41.3 Å². The molecule has 1 aromatic carbocycles. The molecule has 30 heavy (non-hydrogen) atoms. The van der Waals surface area contributed by atoms with Gasteiger partial charge in [0, 0.05) is 48.1 Å². The highest BCUT2D eigenvalue weighted by molar-refractivity contribution is 5.96. The van der Waals surface area contributed by atoms with Crippen LogP contribution in [0.1, 0.15) is 23.2 Å². The van der Waals surface area contributed by atoms with Gasteiger partial charge in [-0.1, -0.05) is 12.1 Å².